The Morgan fingerprint density at radius 1 is 1.04 bits per heavy atom. The van der Waals surface area contributed by atoms with Gasteiger partial charge in [0.25, 0.3) is 0 Å². The van der Waals surface area contributed by atoms with Crippen molar-refractivity contribution in [2.75, 3.05) is 26.2 Å². The van der Waals surface area contributed by atoms with Gasteiger partial charge in [-0.15, -0.1) is 0 Å². The van der Waals surface area contributed by atoms with Crippen LogP contribution in [-0.4, -0.2) is 36.5 Å². The van der Waals surface area contributed by atoms with Crippen LogP contribution in [0.2, 0.25) is 0 Å². The van der Waals surface area contributed by atoms with Gasteiger partial charge in [-0.3, -0.25) is 14.6 Å². The number of hydrogen-bond donors (Lipinski definition) is 2. The fourth-order valence-electron chi connectivity index (χ4n) is 6.43. The lowest BCUT2D eigenvalue weighted by atomic mass is 9.58. The highest BCUT2D eigenvalue weighted by Gasteiger charge is 2.70. The number of fused-ring (bicyclic) bond motifs is 1. The number of nitrogens with one attached hydrogen (secondary N) is 2. The number of carbonyl (C=O) groups excluding carboxylic acids is 1. The van der Waals surface area contributed by atoms with Gasteiger partial charge >= 0.3 is 0 Å². The Hall–Kier alpha value is -1.65. The number of rotatable bonds is 3. The van der Waals surface area contributed by atoms with Gasteiger partial charge in [0.05, 0.1) is 5.56 Å². The van der Waals surface area contributed by atoms with E-state index < -0.39 is 0 Å². The molecule has 1 aromatic heterocycles. The molecule has 4 fully saturated rings. The number of para-hydroxylation sites is 1. The molecule has 4 saturated heterocycles. The van der Waals surface area contributed by atoms with E-state index in [-0.39, 0.29) is 10.8 Å². The van der Waals surface area contributed by atoms with Crippen LogP contribution in [0.4, 0.5) is 0 Å². The van der Waals surface area contributed by atoms with Crippen LogP contribution in [0.3, 0.4) is 0 Å². The summed E-state index contributed by atoms with van der Waals surface area (Å²) in [5, 5.41) is 1.39. The zero-order valence-corrected chi connectivity index (χ0v) is 15.6. The summed E-state index contributed by atoms with van der Waals surface area (Å²) in [5.74, 6) is 0.592. The van der Waals surface area contributed by atoms with Crippen molar-refractivity contribution >= 4 is 16.7 Å². The molecule has 4 heteroatoms. The molecule has 0 unspecified atom stereocenters. The van der Waals surface area contributed by atoms with E-state index in [0.717, 1.165) is 39.0 Å². The van der Waals surface area contributed by atoms with Crippen molar-refractivity contribution in [2.45, 2.75) is 32.9 Å². The van der Waals surface area contributed by atoms with Gasteiger partial charge < -0.3 is 4.57 Å². The van der Waals surface area contributed by atoms with Gasteiger partial charge in [-0.25, -0.2) is 0 Å². The molecule has 0 saturated carbocycles. The molecular weight excluding hydrogens is 310 g/mol. The Balaban J connectivity index is 1.64. The van der Waals surface area contributed by atoms with E-state index >= 15 is 0 Å². The molecule has 6 rings (SSSR count). The number of piperidine rings is 2. The second-order valence-electron chi connectivity index (χ2n) is 8.77. The van der Waals surface area contributed by atoms with Gasteiger partial charge in [0.15, 0.2) is 5.78 Å². The number of aromatic nitrogens is 1. The molecule has 4 aliphatic rings. The fourth-order valence-corrected chi connectivity index (χ4v) is 6.43. The average Bonchev–Trinajstić information content (AvgIpc) is 2.95. The van der Waals surface area contributed by atoms with Gasteiger partial charge in [-0.2, -0.15) is 0 Å². The zero-order valence-electron chi connectivity index (χ0n) is 15.6. The number of hydrogen-bond acceptors (Lipinski definition) is 1. The molecule has 4 bridgehead atoms. The molecule has 0 radical (unpaired) electrons. The number of aryl methyl sites for hydroxylation is 1. The maximum atomic E-state index is 13.3. The van der Waals surface area contributed by atoms with Gasteiger partial charge in [0, 0.05) is 24.1 Å². The number of quaternary nitrogens is 2. The number of nitrogens with zero attached hydrogens (tertiary/aromatic N) is 1. The molecule has 2 N–H and O–H groups in total. The number of carbonyl (C=O) groups is 1. The standard InChI is InChI=1S/C21H27N3O/c1-4-20-11-23-13-21(5-2,19(20)25)14-24(12-20)18(23)16-10-22(3)17-9-7-6-8-15(16)17/h6-10,18H,4-5,11-14H2,1-3H3/p+2. The van der Waals surface area contributed by atoms with Crippen molar-refractivity contribution in [3.05, 3.63) is 36.0 Å². The van der Waals surface area contributed by atoms with Crippen LogP contribution in [0.5, 0.6) is 0 Å². The van der Waals surface area contributed by atoms with Gasteiger partial charge in [-0.1, -0.05) is 32.0 Å². The monoisotopic (exact) mass is 339 g/mol. The summed E-state index contributed by atoms with van der Waals surface area (Å²) < 4.78 is 2.27. The first-order valence-corrected chi connectivity index (χ1v) is 9.81. The molecule has 0 atom stereocenters. The Kier molecular flexibility index (Phi) is 3.09. The predicted octanol–water partition coefficient (Wildman–Crippen LogP) is 0.349. The zero-order chi connectivity index (χ0) is 17.4. The summed E-state index contributed by atoms with van der Waals surface area (Å²) in [4.78, 5) is 16.6. The highest BCUT2D eigenvalue weighted by Crippen LogP contribution is 2.41. The molecular formula is C21H29N3O+2. The van der Waals surface area contributed by atoms with Crippen molar-refractivity contribution < 1.29 is 14.6 Å². The lowest BCUT2D eigenvalue weighted by Crippen LogP contribution is -3.41. The molecule has 2 aromatic rings. The SMILES string of the molecule is CCC12C[NH+]3CC(CC)(C[NH+](C1)C3c1cn(C)c3ccccc13)C2=O. The van der Waals surface area contributed by atoms with Gasteiger partial charge in [0.1, 0.15) is 37.0 Å². The third kappa shape index (κ3) is 1.82. The van der Waals surface area contributed by atoms with E-state index in [1.165, 1.54) is 16.5 Å². The van der Waals surface area contributed by atoms with Crippen molar-refractivity contribution in [1.29, 1.82) is 0 Å². The Morgan fingerprint density at radius 3 is 2.16 bits per heavy atom. The summed E-state index contributed by atoms with van der Waals surface area (Å²) >= 11 is 0. The molecule has 4 aliphatic heterocycles. The smallest absolute Gasteiger partial charge is 0.242 e. The van der Waals surface area contributed by atoms with Crippen LogP contribution in [-0.2, 0) is 11.8 Å². The van der Waals surface area contributed by atoms with Crippen LogP contribution >= 0.6 is 0 Å². The predicted molar refractivity (Wildman–Crippen MR) is 97.5 cm³/mol. The number of Topliss-reactive ketones (excluding diaryl/α,β-unsaturated/α-hetero) is 1. The largest absolute Gasteiger partial charge is 0.350 e. The Bertz CT molecular complexity index is 825. The lowest BCUT2D eigenvalue weighted by Gasteiger charge is -2.60. The van der Waals surface area contributed by atoms with E-state index in [4.69, 9.17) is 0 Å². The van der Waals surface area contributed by atoms with Crippen LogP contribution in [0.25, 0.3) is 10.9 Å². The van der Waals surface area contributed by atoms with E-state index in [0.29, 0.717) is 11.9 Å². The van der Waals surface area contributed by atoms with Crippen LogP contribution in [0, 0.1) is 10.8 Å². The summed E-state index contributed by atoms with van der Waals surface area (Å²) in [7, 11) is 2.15. The minimum absolute atomic E-state index is 0.0712. The number of ketones is 1. The molecule has 0 spiro atoms. The van der Waals surface area contributed by atoms with Crippen molar-refractivity contribution in [2.24, 2.45) is 17.9 Å². The van der Waals surface area contributed by atoms with Crippen molar-refractivity contribution in [3.63, 3.8) is 0 Å². The topological polar surface area (TPSA) is 30.9 Å². The first-order chi connectivity index (χ1) is 12.0. The maximum Gasteiger partial charge on any atom is 0.242 e. The molecule has 5 heterocycles. The first kappa shape index (κ1) is 15.6. The molecule has 25 heavy (non-hydrogen) atoms. The highest BCUT2D eigenvalue weighted by molar-refractivity contribution is 5.92. The third-order valence-electron chi connectivity index (χ3n) is 7.63. The average molecular weight is 339 g/mol. The van der Waals surface area contributed by atoms with E-state index in [9.17, 15) is 4.79 Å². The summed E-state index contributed by atoms with van der Waals surface area (Å²) in [6.07, 6.45) is 4.83. The molecule has 0 amide bonds. The van der Waals surface area contributed by atoms with Crippen LogP contribution in [0.1, 0.15) is 38.4 Å². The summed E-state index contributed by atoms with van der Waals surface area (Å²) in [5.41, 5.74) is 2.65. The van der Waals surface area contributed by atoms with E-state index in [2.05, 4.69) is 55.9 Å². The highest BCUT2D eigenvalue weighted by atomic mass is 16.1. The van der Waals surface area contributed by atoms with Crippen LogP contribution < -0.4 is 9.80 Å². The molecule has 0 aliphatic carbocycles. The molecule has 132 valence electrons. The summed E-state index contributed by atoms with van der Waals surface area (Å²) in [6, 6.07) is 8.77. The minimum Gasteiger partial charge on any atom is -0.350 e. The minimum atomic E-state index is -0.0712. The third-order valence-corrected chi connectivity index (χ3v) is 7.63. The normalized spacial score (nSPS) is 39.5. The van der Waals surface area contributed by atoms with Crippen LogP contribution in [0.15, 0.2) is 30.5 Å². The second kappa shape index (κ2) is 4.95. The van der Waals surface area contributed by atoms with E-state index in [1.807, 2.05) is 0 Å². The second-order valence-corrected chi connectivity index (χ2v) is 8.77. The maximum absolute atomic E-state index is 13.3. The van der Waals surface area contributed by atoms with E-state index in [1.54, 1.807) is 9.80 Å². The Morgan fingerprint density at radius 2 is 1.60 bits per heavy atom. The van der Waals surface area contributed by atoms with Crippen molar-refractivity contribution in [3.8, 4) is 0 Å². The summed E-state index contributed by atoms with van der Waals surface area (Å²) in [6.45, 7) is 8.57. The first-order valence-electron chi connectivity index (χ1n) is 9.81. The molecule has 4 nitrogen and oxygen atoms in total. The van der Waals surface area contributed by atoms with Gasteiger partial charge in [0.2, 0.25) is 6.17 Å². The Labute approximate surface area is 149 Å². The fraction of sp³-hybridized carbons (Fsp3) is 0.571. The number of benzene rings is 1. The quantitative estimate of drug-likeness (QED) is 0.831. The van der Waals surface area contributed by atoms with Crippen molar-refractivity contribution in [1.82, 2.24) is 4.57 Å². The lowest BCUT2D eigenvalue weighted by molar-refractivity contribution is -1.18. The van der Waals surface area contributed by atoms with Gasteiger partial charge in [-0.05, 0) is 18.9 Å². The molecule has 1 aromatic carbocycles.